The molecule has 2 aromatic heterocycles. The topological polar surface area (TPSA) is 27.1 Å². The van der Waals surface area contributed by atoms with Crippen molar-refractivity contribution in [1.82, 2.24) is 9.55 Å². The van der Waals surface area contributed by atoms with E-state index in [9.17, 15) is 0 Å². The fourth-order valence-corrected chi connectivity index (χ4v) is 1.96. The largest absolute Gasteiger partial charge is 0.497 e. The summed E-state index contributed by atoms with van der Waals surface area (Å²) < 4.78 is 7.38. The molecule has 0 aliphatic heterocycles. The van der Waals surface area contributed by atoms with Gasteiger partial charge in [-0.25, -0.2) is 0 Å². The minimum atomic E-state index is 0.867. The highest BCUT2D eigenvalue weighted by atomic mass is 16.5. The van der Waals surface area contributed by atoms with E-state index in [1.807, 2.05) is 24.3 Å². The first-order chi connectivity index (χ1) is 8.38. The summed E-state index contributed by atoms with van der Waals surface area (Å²) in [5.41, 5.74) is 2.24. The molecular formula is C14H12N2O. The molecule has 1 aromatic carbocycles. The molecule has 0 saturated carbocycles. The van der Waals surface area contributed by atoms with Crippen molar-refractivity contribution in [3.63, 3.8) is 0 Å². The maximum Gasteiger partial charge on any atom is 0.120 e. The van der Waals surface area contributed by atoms with E-state index in [0.29, 0.717) is 0 Å². The molecule has 17 heavy (non-hydrogen) atoms. The SMILES string of the molecule is COc1ccc2ccn(-c3ccncc3)c2c1. The monoisotopic (exact) mass is 224 g/mol. The van der Waals surface area contributed by atoms with E-state index < -0.39 is 0 Å². The normalized spacial score (nSPS) is 10.6. The first-order valence-corrected chi connectivity index (χ1v) is 5.44. The van der Waals surface area contributed by atoms with Crippen LogP contribution >= 0.6 is 0 Å². The van der Waals surface area contributed by atoms with Gasteiger partial charge in [0.25, 0.3) is 0 Å². The standard InChI is InChI=1S/C14H12N2O/c1-17-13-3-2-11-6-9-16(14(11)10-13)12-4-7-15-8-5-12/h2-10H,1H3. The van der Waals surface area contributed by atoms with Crippen molar-refractivity contribution >= 4 is 10.9 Å². The fourth-order valence-electron chi connectivity index (χ4n) is 1.96. The van der Waals surface area contributed by atoms with Crippen LogP contribution in [0.15, 0.2) is 55.0 Å². The number of hydrogen-bond acceptors (Lipinski definition) is 2. The number of fused-ring (bicyclic) bond motifs is 1. The molecule has 0 fully saturated rings. The van der Waals surface area contributed by atoms with Crippen LogP contribution in [0.2, 0.25) is 0 Å². The highest BCUT2D eigenvalue weighted by Gasteiger charge is 2.03. The average Bonchev–Trinajstić information content (AvgIpc) is 2.82. The molecule has 0 unspecified atom stereocenters. The first-order valence-electron chi connectivity index (χ1n) is 5.44. The second-order valence-corrected chi connectivity index (χ2v) is 3.82. The zero-order chi connectivity index (χ0) is 11.7. The lowest BCUT2D eigenvalue weighted by Crippen LogP contribution is -1.92. The molecule has 0 bridgehead atoms. The van der Waals surface area contributed by atoms with Crippen molar-refractivity contribution in [3.05, 3.63) is 55.0 Å². The van der Waals surface area contributed by atoms with Gasteiger partial charge in [-0.3, -0.25) is 4.98 Å². The number of aromatic nitrogens is 2. The Morgan fingerprint density at radius 2 is 1.88 bits per heavy atom. The lowest BCUT2D eigenvalue weighted by molar-refractivity contribution is 0.415. The van der Waals surface area contributed by atoms with Gasteiger partial charge in [0.2, 0.25) is 0 Å². The first kappa shape index (κ1) is 9.90. The Morgan fingerprint density at radius 1 is 1.06 bits per heavy atom. The molecule has 0 radical (unpaired) electrons. The van der Waals surface area contributed by atoms with Crippen LogP contribution in [0.4, 0.5) is 0 Å². The molecule has 84 valence electrons. The number of hydrogen-bond donors (Lipinski definition) is 0. The molecule has 0 saturated heterocycles. The van der Waals surface area contributed by atoms with Gasteiger partial charge in [-0.05, 0) is 30.3 Å². The molecule has 2 heterocycles. The summed E-state index contributed by atoms with van der Waals surface area (Å²) in [7, 11) is 1.68. The number of rotatable bonds is 2. The molecule has 3 heteroatoms. The summed E-state index contributed by atoms with van der Waals surface area (Å²) in [6, 6.07) is 12.1. The van der Waals surface area contributed by atoms with E-state index in [2.05, 4.69) is 27.9 Å². The average molecular weight is 224 g/mol. The van der Waals surface area contributed by atoms with E-state index >= 15 is 0 Å². The molecule has 0 aliphatic carbocycles. The molecular weight excluding hydrogens is 212 g/mol. The van der Waals surface area contributed by atoms with Crippen molar-refractivity contribution in [2.24, 2.45) is 0 Å². The second-order valence-electron chi connectivity index (χ2n) is 3.82. The Balaban J connectivity index is 2.23. The lowest BCUT2D eigenvalue weighted by Gasteiger charge is -2.06. The summed E-state index contributed by atoms with van der Waals surface area (Å²) in [6.07, 6.45) is 5.64. The highest BCUT2D eigenvalue weighted by molar-refractivity contribution is 5.83. The quantitative estimate of drug-likeness (QED) is 0.669. The van der Waals surface area contributed by atoms with Crippen molar-refractivity contribution in [1.29, 1.82) is 0 Å². The van der Waals surface area contributed by atoms with Gasteiger partial charge in [0.15, 0.2) is 0 Å². The Labute approximate surface area is 99.3 Å². The van der Waals surface area contributed by atoms with E-state index in [1.54, 1.807) is 19.5 Å². The second kappa shape index (κ2) is 3.94. The van der Waals surface area contributed by atoms with Crippen LogP contribution in [-0.4, -0.2) is 16.7 Å². The highest BCUT2D eigenvalue weighted by Crippen LogP contribution is 2.24. The Bertz CT molecular complexity index is 644. The summed E-state index contributed by atoms with van der Waals surface area (Å²) in [5, 5.41) is 1.20. The maximum absolute atomic E-state index is 5.26. The third kappa shape index (κ3) is 1.65. The number of ether oxygens (including phenoxy) is 1. The zero-order valence-corrected chi connectivity index (χ0v) is 9.50. The summed E-state index contributed by atoms with van der Waals surface area (Å²) in [6.45, 7) is 0. The summed E-state index contributed by atoms with van der Waals surface area (Å²) >= 11 is 0. The third-order valence-electron chi connectivity index (χ3n) is 2.84. The van der Waals surface area contributed by atoms with Gasteiger partial charge < -0.3 is 9.30 Å². The van der Waals surface area contributed by atoms with E-state index in [4.69, 9.17) is 4.74 Å². The van der Waals surface area contributed by atoms with Gasteiger partial charge in [0.1, 0.15) is 5.75 Å². The predicted octanol–water partition coefficient (Wildman–Crippen LogP) is 3.03. The van der Waals surface area contributed by atoms with Crippen LogP contribution in [-0.2, 0) is 0 Å². The van der Waals surface area contributed by atoms with Crippen LogP contribution in [0.1, 0.15) is 0 Å². The molecule has 0 N–H and O–H groups in total. The number of methoxy groups -OCH3 is 1. The molecule has 3 nitrogen and oxygen atoms in total. The van der Waals surface area contributed by atoms with Gasteiger partial charge in [0.05, 0.1) is 12.6 Å². The molecule has 0 spiro atoms. The minimum Gasteiger partial charge on any atom is -0.497 e. The maximum atomic E-state index is 5.26. The lowest BCUT2D eigenvalue weighted by atomic mass is 10.2. The number of nitrogens with zero attached hydrogens (tertiary/aromatic N) is 2. The Hall–Kier alpha value is -2.29. The van der Waals surface area contributed by atoms with E-state index in [-0.39, 0.29) is 0 Å². The van der Waals surface area contributed by atoms with Crippen molar-refractivity contribution < 1.29 is 4.74 Å². The molecule has 3 rings (SSSR count). The van der Waals surface area contributed by atoms with Crippen molar-refractivity contribution in [2.45, 2.75) is 0 Å². The van der Waals surface area contributed by atoms with Gasteiger partial charge >= 0.3 is 0 Å². The zero-order valence-electron chi connectivity index (χ0n) is 9.50. The van der Waals surface area contributed by atoms with Gasteiger partial charge in [-0.1, -0.05) is 0 Å². The molecule has 0 amide bonds. The molecule has 0 atom stereocenters. The summed E-state index contributed by atoms with van der Waals surface area (Å²) in [4.78, 5) is 4.03. The smallest absolute Gasteiger partial charge is 0.120 e. The van der Waals surface area contributed by atoms with Crippen LogP contribution in [0.25, 0.3) is 16.6 Å². The number of benzene rings is 1. The Morgan fingerprint density at radius 3 is 2.65 bits per heavy atom. The van der Waals surface area contributed by atoms with Crippen LogP contribution in [0, 0.1) is 0 Å². The van der Waals surface area contributed by atoms with E-state index in [1.165, 1.54) is 5.39 Å². The third-order valence-corrected chi connectivity index (χ3v) is 2.84. The van der Waals surface area contributed by atoms with Crippen LogP contribution in [0.3, 0.4) is 0 Å². The molecule has 3 aromatic rings. The van der Waals surface area contributed by atoms with E-state index in [0.717, 1.165) is 17.0 Å². The Kier molecular flexibility index (Phi) is 2.29. The van der Waals surface area contributed by atoms with Crippen molar-refractivity contribution in [2.75, 3.05) is 7.11 Å². The fraction of sp³-hybridized carbons (Fsp3) is 0.0714. The van der Waals surface area contributed by atoms with Crippen LogP contribution in [0.5, 0.6) is 5.75 Å². The predicted molar refractivity (Wildman–Crippen MR) is 67.6 cm³/mol. The summed E-state index contributed by atoms with van der Waals surface area (Å²) in [5.74, 6) is 0.867. The van der Waals surface area contributed by atoms with Gasteiger partial charge in [-0.15, -0.1) is 0 Å². The number of pyridine rings is 1. The van der Waals surface area contributed by atoms with Gasteiger partial charge in [-0.2, -0.15) is 0 Å². The van der Waals surface area contributed by atoms with Crippen molar-refractivity contribution in [3.8, 4) is 11.4 Å². The van der Waals surface area contributed by atoms with Gasteiger partial charge in [0, 0.05) is 35.7 Å². The van der Waals surface area contributed by atoms with Crippen LogP contribution < -0.4 is 4.74 Å². The minimum absolute atomic E-state index is 0.867. The molecule has 0 aliphatic rings.